The van der Waals surface area contributed by atoms with Crippen molar-refractivity contribution in [2.45, 2.75) is 73.7 Å². The SMILES string of the molecule is CC(C)(C)c1ccc2c(c1)-c1cc(C(C)(C)C)ccc1[SH]2c1ccc(OCc2ccccc2)cc1. The molecule has 180 valence electrons. The fraction of sp³-hybridized carbons (Fsp3) is 0.273. The third-order valence-corrected chi connectivity index (χ3v) is 9.40. The van der Waals surface area contributed by atoms with Crippen LogP contribution in [-0.4, -0.2) is 0 Å². The van der Waals surface area contributed by atoms with Crippen LogP contribution in [0.5, 0.6) is 5.75 Å². The van der Waals surface area contributed by atoms with Crippen LogP contribution in [0.4, 0.5) is 0 Å². The Balaban J connectivity index is 1.53. The molecule has 0 fully saturated rings. The molecule has 0 aliphatic carbocycles. The first-order chi connectivity index (χ1) is 16.6. The Morgan fingerprint density at radius 2 is 1.11 bits per heavy atom. The van der Waals surface area contributed by atoms with Gasteiger partial charge in [-0.05, 0) is 92.1 Å². The lowest BCUT2D eigenvalue weighted by Gasteiger charge is -2.23. The maximum absolute atomic E-state index is 6.06. The van der Waals surface area contributed by atoms with Crippen LogP contribution in [0.2, 0.25) is 0 Å². The van der Waals surface area contributed by atoms with Gasteiger partial charge in [-0.3, -0.25) is 0 Å². The molecule has 0 spiro atoms. The minimum atomic E-state index is -0.589. The predicted octanol–water partition coefficient (Wildman–Crippen LogP) is 9.32. The Morgan fingerprint density at radius 1 is 0.600 bits per heavy atom. The summed E-state index contributed by atoms with van der Waals surface area (Å²) in [5.41, 5.74) is 7.04. The van der Waals surface area contributed by atoms with Gasteiger partial charge in [0.15, 0.2) is 0 Å². The van der Waals surface area contributed by atoms with Crippen LogP contribution in [0.15, 0.2) is 106 Å². The highest BCUT2D eigenvalue weighted by Gasteiger charge is 2.30. The summed E-state index contributed by atoms with van der Waals surface area (Å²) in [6.07, 6.45) is 0. The monoisotopic (exact) mass is 480 g/mol. The van der Waals surface area contributed by atoms with Crippen LogP contribution >= 0.6 is 10.9 Å². The van der Waals surface area contributed by atoms with E-state index in [0.717, 1.165) is 5.75 Å². The molecule has 0 radical (unpaired) electrons. The molecule has 1 aliphatic heterocycles. The van der Waals surface area contributed by atoms with Crippen molar-refractivity contribution in [3.63, 3.8) is 0 Å². The number of benzene rings is 4. The van der Waals surface area contributed by atoms with E-state index in [1.54, 1.807) is 0 Å². The van der Waals surface area contributed by atoms with E-state index in [1.807, 2.05) is 6.07 Å². The average Bonchev–Trinajstić information content (AvgIpc) is 3.16. The van der Waals surface area contributed by atoms with Gasteiger partial charge in [-0.25, -0.2) is 0 Å². The third-order valence-electron chi connectivity index (χ3n) is 6.84. The molecule has 0 saturated heterocycles. The van der Waals surface area contributed by atoms with E-state index in [0.29, 0.717) is 6.61 Å². The van der Waals surface area contributed by atoms with Crippen molar-refractivity contribution in [1.82, 2.24) is 0 Å². The molecule has 5 rings (SSSR count). The Labute approximate surface area is 213 Å². The number of hydrogen-bond acceptors (Lipinski definition) is 1. The van der Waals surface area contributed by atoms with Crippen molar-refractivity contribution in [2.24, 2.45) is 0 Å². The van der Waals surface area contributed by atoms with Crippen LogP contribution in [0.25, 0.3) is 11.1 Å². The fourth-order valence-electron chi connectivity index (χ4n) is 4.67. The quantitative estimate of drug-likeness (QED) is 0.252. The molecule has 0 bridgehead atoms. The smallest absolute Gasteiger partial charge is 0.119 e. The second kappa shape index (κ2) is 8.91. The van der Waals surface area contributed by atoms with E-state index in [4.69, 9.17) is 4.74 Å². The summed E-state index contributed by atoms with van der Waals surface area (Å²) in [5, 5.41) is 0. The summed E-state index contributed by atoms with van der Waals surface area (Å²) < 4.78 is 6.06. The highest BCUT2D eigenvalue weighted by Crippen LogP contribution is 2.63. The minimum absolute atomic E-state index is 0.125. The molecule has 0 atom stereocenters. The number of thiol groups is 1. The lowest BCUT2D eigenvalue weighted by atomic mass is 9.83. The van der Waals surface area contributed by atoms with E-state index >= 15 is 0 Å². The van der Waals surface area contributed by atoms with Crippen molar-refractivity contribution in [2.75, 3.05) is 0 Å². The topological polar surface area (TPSA) is 9.23 Å². The zero-order valence-corrected chi connectivity index (χ0v) is 22.6. The van der Waals surface area contributed by atoms with Crippen LogP contribution in [0.3, 0.4) is 0 Å². The van der Waals surface area contributed by atoms with Gasteiger partial charge in [0.05, 0.1) is 0 Å². The molecule has 0 unspecified atom stereocenters. The van der Waals surface area contributed by atoms with Crippen molar-refractivity contribution < 1.29 is 4.74 Å². The van der Waals surface area contributed by atoms with Gasteiger partial charge in [-0.15, -0.1) is 0 Å². The van der Waals surface area contributed by atoms with E-state index in [1.165, 1.54) is 42.5 Å². The molecule has 1 nitrogen and oxygen atoms in total. The minimum Gasteiger partial charge on any atom is -0.489 e. The van der Waals surface area contributed by atoms with Gasteiger partial charge in [0.25, 0.3) is 0 Å². The Kier molecular flexibility index (Phi) is 6.05. The van der Waals surface area contributed by atoms with Gasteiger partial charge in [-0.2, -0.15) is 10.9 Å². The second-order valence-electron chi connectivity index (χ2n) is 11.6. The molecule has 4 aromatic carbocycles. The van der Waals surface area contributed by atoms with Gasteiger partial charge < -0.3 is 4.74 Å². The van der Waals surface area contributed by atoms with E-state index in [9.17, 15) is 0 Å². The normalized spacial score (nSPS) is 13.9. The van der Waals surface area contributed by atoms with Crippen LogP contribution in [-0.2, 0) is 17.4 Å². The van der Waals surface area contributed by atoms with Crippen molar-refractivity contribution in [3.05, 3.63) is 108 Å². The highest BCUT2D eigenvalue weighted by molar-refractivity contribution is 8.17. The number of rotatable bonds is 4. The lowest BCUT2D eigenvalue weighted by molar-refractivity contribution is 0.306. The van der Waals surface area contributed by atoms with Gasteiger partial charge in [0, 0.05) is 9.79 Å². The number of ether oxygens (including phenoxy) is 1. The first-order valence-electron chi connectivity index (χ1n) is 12.5. The molecule has 2 heteroatoms. The third kappa shape index (κ3) is 4.77. The molecular formula is C33H36OS. The van der Waals surface area contributed by atoms with Gasteiger partial charge >= 0.3 is 0 Å². The van der Waals surface area contributed by atoms with Gasteiger partial charge in [-0.1, -0.05) is 84.0 Å². The maximum Gasteiger partial charge on any atom is 0.119 e. The summed E-state index contributed by atoms with van der Waals surface area (Å²) in [6, 6.07) is 33.5. The van der Waals surface area contributed by atoms with Crippen molar-refractivity contribution in [1.29, 1.82) is 0 Å². The molecule has 0 amide bonds. The first kappa shape index (κ1) is 23.8. The Hall–Kier alpha value is -2.97. The van der Waals surface area contributed by atoms with Crippen molar-refractivity contribution >= 4 is 10.9 Å². The molecule has 1 aliphatic rings. The molecular weight excluding hydrogens is 444 g/mol. The van der Waals surface area contributed by atoms with Gasteiger partial charge in [0.2, 0.25) is 0 Å². The largest absolute Gasteiger partial charge is 0.489 e. The standard InChI is InChI=1S/C33H36OS/c1-32(2,3)24-12-18-30-28(20-24)29-21-25(33(4,5)6)13-19-31(29)35(30)27-16-14-26(15-17-27)34-22-23-10-8-7-9-11-23/h7-21,35H,22H2,1-6H3. The highest BCUT2D eigenvalue weighted by atomic mass is 32.2. The summed E-state index contributed by atoms with van der Waals surface area (Å²) in [6.45, 7) is 14.4. The van der Waals surface area contributed by atoms with E-state index in [-0.39, 0.29) is 10.8 Å². The van der Waals surface area contributed by atoms with Crippen LogP contribution in [0.1, 0.15) is 58.2 Å². The average molecular weight is 481 g/mol. The Morgan fingerprint density at radius 3 is 1.60 bits per heavy atom. The molecule has 4 aromatic rings. The summed E-state index contributed by atoms with van der Waals surface area (Å²) in [5.74, 6) is 0.915. The van der Waals surface area contributed by atoms with Crippen molar-refractivity contribution in [3.8, 4) is 16.9 Å². The van der Waals surface area contributed by atoms with Crippen LogP contribution in [0, 0.1) is 0 Å². The maximum atomic E-state index is 6.06. The molecule has 1 heterocycles. The van der Waals surface area contributed by atoms with E-state index in [2.05, 4.69) is 126 Å². The summed E-state index contributed by atoms with van der Waals surface area (Å²) >= 11 is 0. The zero-order chi connectivity index (χ0) is 24.8. The first-order valence-corrected chi connectivity index (χ1v) is 13.8. The van der Waals surface area contributed by atoms with Gasteiger partial charge in [0.1, 0.15) is 12.4 Å². The van der Waals surface area contributed by atoms with Crippen LogP contribution < -0.4 is 4.74 Å². The zero-order valence-electron chi connectivity index (χ0n) is 21.7. The molecule has 0 saturated carbocycles. The fourth-order valence-corrected chi connectivity index (χ4v) is 7.23. The number of hydrogen-bond donors (Lipinski definition) is 1. The van der Waals surface area contributed by atoms with E-state index < -0.39 is 10.9 Å². The summed E-state index contributed by atoms with van der Waals surface area (Å²) in [4.78, 5) is 4.30. The molecule has 0 aromatic heterocycles. The molecule has 35 heavy (non-hydrogen) atoms. The summed E-state index contributed by atoms with van der Waals surface area (Å²) in [7, 11) is -0.589. The Bertz CT molecular complexity index is 1280. The molecule has 0 N–H and O–H groups in total. The second-order valence-corrected chi connectivity index (χ2v) is 13.7. The number of fused-ring (bicyclic) bond motifs is 3. The predicted molar refractivity (Wildman–Crippen MR) is 150 cm³/mol. The lowest BCUT2D eigenvalue weighted by Crippen LogP contribution is -2.11.